The average Bonchev–Trinajstić information content (AvgIpc) is 2.96. The first-order chi connectivity index (χ1) is 8.46. The molecule has 2 unspecified atom stereocenters. The Morgan fingerprint density at radius 3 is 2.72 bits per heavy atom. The van der Waals surface area contributed by atoms with Crippen LogP contribution in [0.4, 0.5) is 13.2 Å². The van der Waals surface area contributed by atoms with Gasteiger partial charge in [-0.3, -0.25) is 4.79 Å². The summed E-state index contributed by atoms with van der Waals surface area (Å²) in [5.41, 5.74) is -2.16. The summed E-state index contributed by atoms with van der Waals surface area (Å²) in [6, 6.07) is 0. The van der Waals surface area contributed by atoms with Gasteiger partial charge in [0.1, 0.15) is 11.2 Å². The standard InChI is InChI=1S/C12H18F3NO2/c13-12(14,15)11(5-6-16-8-11)10(17)4-3-9-2-1-7-18-9/h9,16H,1-8H2. The molecule has 2 heterocycles. The molecule has 6 heteroatoms. The Morgan fingerprint density at radius 2 is 2.22 bits per heavy atom. The highest BCUT2D eigenvalue weighted by Crippen LogP contribution is 2.44. The number of nitrogens with one attached hydrogen (secondary N) is 1. The molecule has 1 N–H and O–H groups in total. The minimum Gasteiger partial charge on any atom is -0.378 e. The van der Waals surface area contributed by atoms with Gasteiger partial charge in [0.15, 0.2) is 0 Å². The van der Waals surface area contributed by atoms with E-state index in [1.807, 2.05) is 0 Å². The topological polar surface area (TPSA) is 38.3 Å². The van der Waals surface area contributed by atoms with Crippen molar-refractivity contribution in [1.29, 1.82) is 0 Å². The molecule has 2 saturated heterocycles. The first-order valence-corrected chi connectivity index (χ1v) is 6.38. The summed E-state index contributed by atoms with van der Waals surface area (Å²) >= 11 is 0. The molecule has 2 atom stereocenters. The SMILES string of the molecule is O=C(CCC1CCCO1)C1(C(F)(F)F)CCNC1. The lowest BCUT2D eigenvalue weighted by Gasteiger charge is -2.29. The largest absolute Gasteiger partial charge is 0.402 e. The number of hydrogen-bond acceptors (Lipinski definition) is 3. The van der Waals surface area contributed by atoms with Gasteiger partial charge in [-0.15, -0.1) is 0 Å². The number of ether oxygens (including phenoxy) is 1. The third-order valence-electron chi connectivity index (χ3n) is 3.95. The molecule has 2 aliphatic rings. The van der Waals surface area contributed by atoms with Gasteiger partial charge in [0, 0.05) is 19.6 Å². The summed E-state index contributed by atoms with van der Waals surface area (Å²) in [7, 11) is 0. The molecule has 0 bridgehead atoms. The van der Waals surface area contributed by atoms with Crippen LogP contribution in [0, 0.1) is 5.41 Å². The normalized spacial score (nSPS) is 32.9. The van der Waals surface area contributed by atoms with E-state index in [1.165, 1.54) is 0 Å². The smallest absolute Gasteiger partial charge is 0.378 e. The van der Waals surface area contributed by atoms with Crippen molar-refractivity contribution in [3.05, 3.63) is 0 Å². The Bertz CT molecular complexity index is 305. The summed E-state index contributed by atoms with van der Waals surface area (Å²) in [5, 5.41) is 2.66. The van der Waals surface area contributed by atoms with E-state index < -0.39 is 17.4 Å². The van der Waals surface area contributed by atoms with Gasteiger partial charge >= 0.3 is 6.18 Å². The number of rotatable bonds is 4. The van der Waals surface area contributed by atoms with Gasteiger partial charge in [-0.05, 0) is 32.2 Å². The molecular formula is C12H18F3NO2. The maximum absolute atomic E-state index is 13.1. The number of carbonyl (C=O) groups is 1. The number of ketones is 1. The van der Waals surface area contributed by atoms with E-state index in [9.17, 15) is 18.0 Å². The van der Waals surface area contributed by atoms with E-state index in [0.29, 0.717) is 13.0 Å². The Morgan fingerprint density at radius 1 is 1.44 bits per heavy atom. The molecule has 104 valence electrons. The van der Waals surface area contributed by atoms with Crippen molar-refractivity contribution >= 4 is 5.78 Å². The molecule has 2 aliphatic heterocycles. The molecule has 2 fully saturated rings. The summed E-state index contributed by atoms with van der Waals surface area (Å²) in [6.07, 6.45) is -2.46. The van der Waals surface area contributed by atoms with Crippen molar-refractivity contribution in [3.8, 4) is 0 Å². The van der Waals surface area contributed by atoms with Crippen LogP contribution in [0.5, 0.6) is 0 Å². The van der Waals surface area contributed by atoms with Crippen LogP contribution in [0.3, 0.4) is 0 Å². The molecule has 3 nitrogen and oxygen atoms in total. The van der Waals surface area contributed by atoms with Gasteiger partial charge in [0.2, 0.25) is 0 Å². The van der Waals surface area contributed by atoms with Crippen molar-refractivity contribution in [2.75, 3.05) is 19.7 Å². The zero-order valence-electron chi connectivity index (χ0n) is 10.2. The van der Waals surface area contributed by atoms with E-state index in [2.05, 4.69) is 5.32 Å². The summed E-state index contributed by atoms with van der Waals surface area (Å²) in [5.74, 6) is -0.685. The summed E-state index contributed by atoms with van der Waals surface area (Å²) in [6.45, 7) is 0.636. The zero-order chi connectivity index (χ0) is 13.2. The molecule has 0 aromatic carbocycles. The van der Waals surface area contributed by atoms with Crippen LogP contribution < -0.4 is 5.32 Å². The fourth-order valence-electron chi connectivity index (χ4n) is 2.73. The predicted molar refractivity (Wildman–Crippen MR) is 59.2 cm³/mol. The lowest BCUT2D eigenvalue weighted by atomic mass is 9.79. The number of alkyl halides is 3. The van der Waals surface area contributed by atoms with Crippen molar-refractivity contribution < 1.29 is 22.7 Å². The van der Waals surface area contributed by atoms with Gasteiger partial charge in [0.05, 0.1) is 6.10 Å². The summed E-state index contributed by atoms with van der Waals surface area (Å²) < 4.78 is 44.6. The number of hydrogen-bond donors (Lipinski definition) is 1. The highest BCUT2D eigenvalue weighted by molar-refractivity contribution is 5.86. The van der Waals surface area contributed by atoms with Gasteiger partial charge in [-0.25, -0.2) is 0 Å². The van der Waals surface area contributed by atoms with E-state index in [4.69, 9.17) is 4.74 Å². The maximum atomic E-state index is 13.1. The van der Waals surface area contributed by atoms with Crippen molar-refractivity contribution in [3.63, 3.8) is 0 Å². The Labute approximate surface area is 104 Å². The average molecular weight is 265 g/mol. The molecule has 18 heavy (non-hydrogen) atoms. The van der Waals surface area contributed by atoms with Gasteiger partial charge in [-0.2, -0.15) is 13.2 Å². The second kappa shape index (κ2) is 5.17. The molecule has 0 saturated carbocycles. The Balaban J connectivity index is 1.96. The molecule has 0 amide bonds. The van der Waals surface area contributed by atoms with Crippen LogP contribution in [0.15, 0.2) is 0 Å². The van der Waals surface area contributed by atoms with Crippen molar-refractivity contribution in [1.82, 2.24) is 5.32 Å². The van der Waals surface area contributed by atoms with Crippen LogP contribution in [-0.4, -0.2) is 37.8 Å². The van der Waals surface area contributed by atoms with Crippen molar-refractivity contribution in [2.45, 2.75) is 44.4 Å². The molecule has 0 radical (unpaired) electrons. The van der Waals surface area contributed by atoms with Crippen LogP contribution in [0.2, 0.25) is 0 Å². The first-order valence-electron chi connectivity index (χ1n) is 6.38. The molecule has 0 aliphatic carbocycles. The van der Waals surface area contributed by atoms with Crippen LogP contribution in [0.1, 0.15) is 32.1 Å². The van der Waals surface area contributed by atoms with Crippen LogP contribution in [-0.2, 0) is 9.53 Å². The molecule has 0 aromatic rings. The Hall–Kier alpha value is -0.620. The van der Waals surface area contributed by atoms with Crippen LogP contribution in [0.25, 0.3) is 0 Å². The van der Waals surface area contributed by atoms with E-state index in [0.717, 1.165) is 12.8 Å². The highest BCUT2D eigenvalue weighted by Gasteiger charge is 2.60. The fraction of sp³-hybridized carbons (Fsp3) is 0.917. The first kappa shape index (κ1) is 13.8. The number of Topliss-reactive ketones (excluding diaryl/α,β-unsaturated/α-hetero) is 1. The zero-order valence-corrected chi connectivity index (χ0v) is 10.2. The molecule has 0 spiro atoms. The van der Waals surface area contributed by atoms with E-state index in [-0.39, 0.29) is 32.0 Å². The second-order valence-corrected chi connectivity index (χ2v) is 5.10. The highest BCUT2D eigenvalue weighted by atomic mass is 19.4. The molecule has 0 aromatic heterocycles. The Kier molecular flexibility index (Phi) is 3.96. The maximum Gasteiger partial charge on any atom is 0.402 e. The molecule has 2 rings (SSSR count). The number of halogens is 3. The van der Waals surface area contributed by atoms with Gasteiger partial charge in [-0.1, -0.05) is 0 Å². The van der Waals surface area contributed by atoms with Gasteiger partial charge < -0.3 is 10.1 Å². The third kappa shape index (κ3) is 2.54. The monoisotopic (exact) mass is 265 g/mol. The van der Waals surface area contributed by atoms with E-state index in [1.54, 1.807) is 0 Å². The molecular weight excluding hydrogens is 247 g/mol. The number of carbonyl (C=O) groups excluding carboxylic acids is 1. The third-order valence-corrected chi connectivity index (χ3v) is 3.95. The predicted octanol–water partition coefficient (Wildman–Crippen LogP) is 2.06. The minimum absolute atomic E-state index is 0.0337. The van der Waals surface area contributed by atoms with Crippen LogP contribution >= 0.6 is 0 Å². The van der Waals surface area contributed by atoms with Gasteiger partial charge in [0.25, 0.3) is 0 Å². The second-order valence-electron chi connectivity index (χ2n) is 5.10. The minimum atomic E-state index is -4.45. The quantitative estimate of drug-likeness (QED) is 0.845. The lowest BCUT2D eigenvalue weighted by Crippen LogP contribution is -2.46. The summed E-state index contributed by atoms with van der Waals surface area (Å²) in [4.78, 5) is 12.0. The fourth-order valence-corrected chi connectivity index (χ4v) is 2.73. The lowest BCUT2D eigenvalue weighted by molar-refractivity contribution is -0.215. The van der Waals surface area contributed by atoms with Crippen molar-refractivity contribution in [2.24, 2.45) is 5.41 Å². The van der Waals surface area contributed by atoms with E-state index >= 15 is 0 Å².